The second-order valence-electron chi connectivity index (χ2n) is 8.70. The van der Waals surface area contributed by atoms with Gasteiger partial charge < -0.3 is 10.1 Å². The molecule has 1 aromatic rings. The maximum atomic E-state index is 12.8. The van der Waals surface area contributed by atoms with E-state index in [0.29, 0.717) is 17.8 Å². The number of anilines is 1. The van der Waals surface area contributed by atoms with E-state index in [2.05, 4.69) is 11.4 Å². The molecule has 4 saturated carbocycles. The third kappa shape index (κ3) is 3.31. The molecule has 4 fully saturated rings. The van der Waals surface area contributed by atoms with Crippen molar-refractivity contribution in [2.24, 2.45) is 23.2 Å². The Morgan fingerprint density at radius 1 is 1.00 bits per heavy atom. The Morgan fingerprint density at radius 2 is 1.52 bits per heavy atom. The minimum absolute atomic E-state index is 0.137. The summed E-state index contributed by atoms with van der Waals surface area (Å²) in [4.78, 5) is 24.9. The Bertz CT molecular complexity index is 654. The molecule has 5 rings (SSSR count). The predicted octanol–water partition coefficient (Wildman–Crippen LogP) is 4.00. The number of hydrogen-bond acceptors (Lipinski definition) is 3. The molecule has 1 N–H and O–H groups in total. The van der Waals surface area contributed by atoms with Crippen LogP contribution in [0.2, 0.25) is 0 Å². The average molecular weight is 341 g/mol. The van der Waals surface area contributed by atoms with Crippen molar-refractivity contribution in [2.45, 2.75) is 52.4 Å². The summed E-state index contributed by atoms with van der Waals surface area (Å²) in [6, 6.07) is 5.90. The van der Waals surface area contributed by atoms with Gasteiger partial charge in [0.25, 0.3) is 5.91 Å². The Morgan fingerprint density at radius 3 is 2.04 bits per heavy atom. The summed E-state index contributed by atoms with van der Waals surface area (Å²) >= 11 is 0. The molecule has 25 heavy (non-hydrogen) atoms. The first-order chi connectivity index (χ1) is 11.9. The van der Waals surface area contributed by atoms with Gasteiger partial charge in [0.1, 0.15) is 0 Å². The van der Waals surface area contributed by atoms with E-state index in [1.165, 1.54) is 19.3 Å². The van der Waals surface area contributed by atoms with Gasteiger partial charge >= 0.3 is 5.97 Å². The van der Waals surface area contributed by atoms with Gasteiger partial charge in [-0.3, -0.25) is 9.59 Å². The first-order valence-electron chi connectivity index (χ1n) is 9.47. The zero-order valence-electron chi connectivity index (χ0n) is 15.1. The molecule has 4 bridgehead atoms. The lowest BCUT2D eigenvalue weighted by Crippen LogP contribution is -2.50. The van der Waals surface area contributed by atoms with Gasteiger partial charge in [0.15, 0.2) is 6.61 Å². The monoisotopic (exact) mass is 341 g/mol. The summed E-state index contributed by atoms with van der Waals surface area (Å²) < 4.78 is 5.47. The molecule has 0 saturated heterocycles. The summed E-state index contributed by atoms with van der Waals surface area (Å²) in [5.41, 5.74) is 2.66. The number of benzene rings is 1. The van der Waals surface area contributed by atoms with Gasteiger partial charge in [-0.1, -0.05) is 6.07 Å². The van der Waals surface area contributed by atoms with Crippen LogP contribution in [0.4, 0.5) is 5.69 Å². The van der Waals surface area contributed by atoms with Crippen LogP contribution in [-0.4, -0.2) is 18.5 Å². The van der Waals surface area contributed by atoms with E-state index < -0.39 is 0 Å². The summed E-state index contributed by atoms with van der Waals surface area (Å²) in [5, 5.41) is 2.84. The van der Waals surface area contributed by atoms with Gasteiger partial charge in [0, 0.05) is 5.69 Å². The van der Waals surface area contributed by atoms with Gasteiger partial charge in [-0.25, -0.2) is 0 Å². The SMILES string of the molecule is Cc1cc(C)cc(NC(=O)COC(=O)C23CC4CC(CC(C4)C2)C3)c1. The van der Waals surface area contributed by atoms with Crippen LogP contribution in [0.1, 0.15) is 49.7 Å². The van der Waals surface area contributed by atoms with Gasteiger partial charge in [-0.15, -0.1) is 0 Å². The molecule has 0 atom stereocenters. The fourth-order valence-corrected chi connectivity index (χ4v) is 5.89. The summed E-state index contributed by atoms with van der Waals surface area (Å²) in [6.07, 6.45) is 6.78. The summed E-state index contributed by atoms with van der Waals surface area (Å²) in [7, 11) is 0. The van der Waals surface area contributed by atoms with Crippen molar-refractivity contribution in [3.8, 4) is 0 Å². The molecular formula is C21H27NO3. The number of hydrogen-bond donors (Lipinski definition) is 1. The number of nitrogens with one attached hydrogen (secondary N) is 1. The topological polar surface area (TPSA) is 55.4 Å². The van der Waals surface area contributed by atoms with Crippen molar-refractivity contribution in [1.29, 1.82) is 0 Å². The van der Waals surface area contributed by atoms with Crippen LogP contribution >= 0.6 is 0 Å². The fourth-order valence-electron chi connectivity index (χ4n) is 5.89. The third-order valence-electron chi connectivity index (χ3n) is 6.31. The van der Waals surface area contributed by atoms with E-state index >= 15 is 0 Å². The molecule has 4 aliphatic carbocycles. The number of ether oxygens (including phenoxy) is 1. The van der Waals surface area contributed by atoms with Crippen LogP contribution in [-0.2, 0) is 14.3 Å². The minimum Gasteiger partial charge on any atom is -0.455 e. The van der Waals surface area contributed by atoms with Crippen LogP contribution in [0.25, 0.3) is 0 Å². The highest BCUT2D eigenvalue weighted by molar-refractivity contribution is 5.93. The van der Waals surface area contributed by atoms with Crippen molar-refractivity contribution >= 4 is 17.6 Å². The van der Waals surface area contributed by atoms with E-state index in [9.17, 15) is 9.59 Å². The van der Waals surface area contributed by atoms with Crippen LogP contribution in [0, 0.1) is 37.0 Å². The number of carbonyl (C=O) groups is 2. The first-order valence-corrected chi connectivity index (χ1v) is 9.47. The molecule has 134 valence electrons. The molecule has 1 aromatic carbocycles. The van der Waals surface area contributed by atoms with Crippen molar-refractivity contribution in [3.05, 3.63) is 29.3 Å². The molecule has 1 amide bonds. The highest BCUT2D eigenvalue weighted by Crippen LogP contribution is 2.60. The minimum atomic E-state index is -0.297. The van der Waals surface area contributed by atoms with E-state index in [1.54, 1.807) is 0 Å². The molecule has 4 nitrogen and oxygen atoms in total. The standard InChI is InChI=1S/C21H27NO3/c1-13-3-14(2)5-18(4-13)22-19(23)12-25-20(24)21-9-15-6-16(10-21)8-17(7-15)11-21/h3-5,15-17H,6-12H2,1-2H3,(H,22,23). The van der Waals surface area contributed by atoms with Crippen molar-refractivity contribution < 1.29 is 14.3 Å². The Labute approximate surface area is 149 Å². The number of aryl methyl sites for hydroxylation is 2. The number of amides is 1. The third-order valence-corrected chi connectivity index (χ3v) is 6.31. The van der Waals surface area contributed by atoms with E-state index in [-0.39, 0.29) is 23.9 Å². The molecule has 0 unspecified atom stereocenters. The lowest BCUT2D eigenvalue weighted by molar-refractivity contribution is -0.172. The molecule has 4 aliphatic rings. The Hall–Kier alpha value is -1.84. The number of esters is 1. The zero-order valence-corrected chi connectivity index (χ0v) is 15.1. The van der Waals surface area contributed by atoms with Crippen molar-refractivity contribution in [1.82, 2.24) is 0 Å². The molecule has 4 heteroatoms. The van der Waals surface area contributed by atoms with Gasteiger partial charge in [0.2, 0.25) is 0 Å². The molecular weight excluding hydrogens is 314 g/mol. The van der Waals surface area contributed by atoms with Gasteiger partial charge in [0.05, 0.1) is 5.41 Å². The molecule has 0 spiro atoms. The van der Waals surface area contributed by atoms with Crippen LogP contribution in [0.3, 0.4) is 0 Å². The molecule has 0 heterocycles. The first kappa shape index (κ1) is 16.6. The second-order valence-corrected chi connectivity index (χ2v) is 8.70. The second kappa shape index (κ2) is 6.15. The smallest absolute Gasteiger partial charge is 0.312 e. The lowest BCUT2D eigenvalue weighted by atomic mass is 9.49. The molecule has 0 aromatic heterocycles. The van der Waals surface area contributed by atoms with Crippen LogP contribution < -0.4 is 5.32 Å². The highest BCUT2D eigenvalue weighted by atomic mass is 16.5. The zero-order chi connectivity index (χ0) is 17.6. The molecule has 0 aliphatic heterocycles. The summed E-state index contributed by atoms with van der Waals surface area (Å²) in [6.45, 7) is 3.80. The van der Waals surface area contributed by atoms with Crippen molar-refractivity contribution in [3.63, 3.8) is 0 Å². The maximum Gasteiger partial charge on any atom is 0.312 e. The average Bonchev–Trinajstić information content (AvgIpc) is 2.50. The predicted molar refractivity (Wildman–Crippen MR) is 96.1 cm³/mol. The van der Waals surface area contributed by atoms with E-state index in [0.717, 1.165) is 36.1 Å². The Kier molecular flexibility index (Phi) is 4.09. The maximum absolute atomic E-state index is 12.8. The Balaban J connectivity index is 1.35. The normalized spacial score (nSPS) is 32.5. The summed E-state index contributed by atoms with van der Waals surface area (Å²) in [5.74, 6) is 1.69. The van der Waals surface area contributed by atoms with Crippen LogP contribution in [0.15, 0.2) is 18.2 Å². The van der Waals surface area contributed by atoms with Crippen LogP contribution in [0.5, 0.6) is 0 Å². The quantitative estimate of drug-likeness (QED) is 0.842. The van der Waals surface area contributed by atoms with Gasteiger partial charge in [-0.2, -0.15) is 0 Å². The van der Waals surface area contributed by atoms with Crippen molar-refractivity contribution in [2.75, 3.05) is 11.9 Å². The lowest BCUT2D eigenvalue weighted by Gasteiger charge is -2.55. The number of rotatable bonds is 4. The fraction of sp³-hybridized carbons (Fsp3) is 0.619. The number of carbonyl (C=O) groups excluding carboxylic acids is 2. The van der Waals surface area contributed by atoms with E-state index in [4.69, 9.17) is 4.74 Å². The van der Waals surface area contributed by atoms with E-state index in [1.807, 2.05) is 26.0 Å². The molecule has 0 radical (unpaired) electrons. The largest absolute Gasteiger partial charge is 0.455 e. The van der Waals surface area contributed by atoms with Gasteiger partial charge in [-0.05, 0) is 93.4 Å². The highest BCUT2D eigenvalue weighted by Gasteiger charge is 2.55.